The molecule has 0 aliphatic heterocycles. The SMILES string of the molecule is COc1ccc(NC(=O)c2ccncc2)c(OC)c1.Cl. The molecule has 6 heteroatoms. The van der Waals surface area contributed by atoms with Crippen molar-refractivity contribution in [3.05, 3.63) is 48.3 Å². The Morgan fingerprint density at radius 1 is 1.10 bits per heavy atom. The number of aromatic nitrogens is 1. The van der Waals surface area contributed by atoms with Gasteiger partial charge in [-0.2, -0.15) is 0 Å². The summed E-state index contributed by atoms with van der Waals surface area (Å²) in [6.45, 7) is 0. The predicted octanol–water partition coefficient (Wildman–Crippen LogP) is 2.77. The lowest BCUT2D eigenvalue weighted by Crippen LogP contribution is -2.12. The highest BCUT2D eigenvalue weighted by atomic mass is 35.5. The molecule has 0 aliphatic carbocycles. The van der Waals surface area contributed by atoms with Gasteiger partial charge in [-0.25, -0.2) is 0 Å². The van der Waals surface area contributed by atoms with Gasteiger partial charge < -0.3 is 14.8 Å². The molecule has 0 saturated carbocycles. The van der Waals surface area contributed by atoms with E-state index in [-0.39, 0.29) is 18.3 Å². The van der Waals surface area contributed by atoms with E-state index in [1.54, 1.807) is 49.8 Å². The van der Waals surface area contributed by atoms with Crippen LogP contribution in [0.15, 0.2) is 42.7 Å². The number of hydrogen-bond acceptors (Lipinski definition) is 4. The van der Waals surface area contributed by atoms with Crippen LogP contribution >= 0.6 is 12.4 Å². The van der Waals surface area contributed by atoms with Crippen molar-refractivity contribution in [2.24, 2.45) is 0 Å². The van der Waals surface area contributed by atoms with Gasteiger partial charge in [0.05, 0.1) is 19.9 Å². The van der Waals surface area contributed by atoms with Crippen LogP contribution < -0.4 is 14.8 Å². The van der Waals surface area contributed by atoms with Crippen molar-refractivity contribution in [2.75, 3.05) is 19.5 Å². The predicted molar refractivity (Wildman–Crippen MR) is 79.0 cm³/mol. The molecule has 20 heavy (non-hydrogen) atoms. The maximum absolute atomic E-state index is 12.0. The van der Waals surface area contributed by atoms with Gasteiger partial charge in [-0.1, -0.05) is 0 Å². The van der Waals surface area contributed by atoms with Crippen LogP contribution in [0.5, 0.6) is 11.5 Å². The number of nitrogens with zero attached hydrogens (tertiary/aromatic N) is 1. The second-order valence-electron chi connectivity index (χ2n) is 3.76. The van der Waals surface area contributed by atoms with Gasteiger partial charge in [0.2, 0.25) is 0 Å². The summed E-state index contributed by atoms with van der Waals surface area (Å²) in [5.41, 5.74) is 1.12. The summed E-state index contributed by atoms with van der Waals surface area (Å²) in [6.07, 6.45) is 3.14. The first-order valence-electron chi connectivity index (χ1n) is 5.68. The number of ether oxygens (including phenoxy) is 2. The third kappa shape index (κ3) is 3.61. The van der Waals surface area contributed by atoms with Crippen LogP contribution in [0.25, 0.3) is 0 Å². The lowest BCUT2D eigenvalue weighted by Gasteiger charge is -2.11. The first kappa shape index (κ1) is 15.8. The quantitative estimate of drug-likeness (QED) is 0.942. The van der Waals surface area contributed by atoms with Crippen LogP contribution in [0.3, 0.4) is 0 Å². The summed E-state index contributed by atoms with van der Waals surface area (Å²) in [6, 6.07) is 8.49. The van der Waals surface area contributed by atoms with Crippen molar-refractivity contribution < 1.29 is 14.3 Å². The molecule has 1 N–H and O–H groups in total. The van der Waals surface area contributed by atoms with Crippen LogP contribution in [0.4, 0.5) is 5.69 Å². The molecule has 0 saturated heterocycles. The fraction of sp³-hybridized carbons (Fsp3) is 0.143. The molecule has 5 nitrogen and oxygen atoms in total. The molecule has 2 rings (SSSR count). The molecule has 0 unspecified atom stereocenters. The minimum absolute atomic E-state index is 0. The Bertz CT molecular complexity index is 576. The van der Waals surface area contributed by atoms with Crippen molar-refractivity contribution in [3.8, 4) is 11.5 Å². The van der Waals surface area contributed by atoms with Gasteiger partial charge in [0, 0.05) is 24.0 Å². The molecular weight excluding hydrogens is 280 g/mol. The largest absolute Gasteiger partial charge is 0.497 e. The topological polar surface area (TPSA) is 60.5 Å². The van der Waals surface area contributed by atoms with Gasteiger partial charge >= 0.3 is 0 Å². The van der Waals surface area contributed by atoms with Crippen LogP contribution in [0.2, 0.25) is 0 Å². The Hall–Kier alpha value is -2.27. The summed E-state index contributed by atoms with van der Waals surface area (Å²) in [7, 11) is 3.11. The number of carbonyl (C=O) groups excluding carboxylic acids is 1. The second kappa shape index (κ2) is 7.35. The number of anilines is 1. The van der Waals surface area contributed by atoms with E-state index in [2.05, 4.69) is 10.3 Å². The van der Waals surface area contributed by atoms with Crippen LogP contribution in [-0.2, 0) is 0 Å². The number of amides is 1. The Labute approximate surface area is 123 Å². The molecule has 1 aromatic carbocycles. The zero-order chi connectivity index (χ0) is 13.7. The van der Waals surface area contributed by atoms with E-state index < -0.39 is 0 Å². The Kier molecular flexibility index (Phi) is 5.80. The standard InChI is InChI=1S/C14H14N2O3.ClH/c1-18-11-3-4-12(13(9-11)19-2)16-14(17)10-5-7-15-8-6-10;/h3-9H,1-2H3,(H,16,17);1H. The highest BCUT2D eigenvalue weighted by Gasteiger charge is 2.10. The maximum atomic E-state index is 12.0. The third-order valence-corrected chi connectivity index (χ3v) is 2.60. The van der Waals surface area contributed by atoms with Crippen LogP contribution in [-0.4, -0.2) is 25.1 Å². The average Bonchev–Trinajstić information content (AvgIpc) is 2.48. The minimum atomic E-state index is -0.217. The van der Waals surface area contributed by atoms with Crippen molar-refractivity contribution in [2.45, 2.75) is 0 Å². The maximum Gasteiger partial charge on any atom is 0.255 e. The minimum Gasteiger partial charge on any atom is -0.497 e. The molecule has 1 heterocycles. The number of halogens is 1. The van der Waals surface area contributed by atoms with Crippen LogP contribution in [0, 0.1) is 0 Å². The summed E-state index contributed by atoms with van der Waals surface area (Å²) in [5, 5.41) is 2.78. The van der Waals surface area contributed by atoms with E-state index in [9.17, 15) is 4.79 Å². The van der Waals surface area contributed by atoms with Gasteiger partial charge in [-0.05, 0) is 24.3 Å². The summed E-state index contributed by atoms with van der Waals surface area (Å²) >= 11 is 0. The van der Waals surface area contributed by atoms with E-state index in [0.29, 0.717) is 22.7 Å². The highest BCUT2D eigenvalue weighted by Crippen LogP contribution is 2.29. The number of rotatable bonds is 4. The molecule has 0 fully saturated rings. The van der Waals surface area contributed by atoms with E-state index in [1.165, 1.54) is 7.11 Å². The molecule has 1 aromatic heterocycles. The molecule has 106 valence electrons. The smallest absolute Gasteiger partial charge is 0.255 e. The van der Waals surface area contributed by atoms with Crippen molar-refractivity contribution in [1.29, 1.82) is 0 Å². The average molecular weight is 295 g/mol. The van der Waals surface area contributed by atoms with Gasteiger partial charge in [0.25, 0.3) is 5.91 Å². The Morgan fingerprint density at radius 3 is 2.40 bits per heavy atom. The number of methoxy groups -OCH3 is 2. The molecule has 0 bridgehead atoms. The van der Waals surface area contributed by atoms with E-state index in [0.717, 1.165) is 0 Å². The first-order chi connectivity index (χ1) is 9.24. The normalized spacial score (nSPS) is 9.30. The second-order valence-corrected chi connectivity index (χ2v) is 3.76. The summed E-state index contributed by atoms with van der Waals surface area (Å²) in [4.78, 5) is 15.9. The molecule has 2 aromatic rings. The summed E-state index contributed by atoms with van der Waals surface area (Å²) in [5.74, 6) is 0.992. The molecule has 1 amide bonds. The fourth-order valence-electron chi connectivity index (χ4n) is 1.60. The Morgan fingerprint density at radius 2 is 1.80 bits per heavy atom. The molecule has 0 radical (unpaired) electrons. The number of nitrogens with one attached hydrogen (secondary N) is 1. The van der Waals surface area contributed by atoms with Crippen molar-refractivity contribution in [1.82, 2.24) is 4.98 Å². The molecule has 0 atom stereocenters. The van der Waals surface area contributed by atoms with E-state index in [1.807, 2.05) is 0 Å². The number of benzene rings is 1. The van der Waals surface area contributed by atoms with Gasteiger partial charge in [-0.3, -0.25) is 9.78 Å². The zero-order valence-corrected chi connectivity index (χ0v) is 11.9. The highest BCUT2D eigenvalue weighted by molar-refractivity contribution is 6.04. The number of hydrogen-bond donors (Lipinski definition) is 1. The van der Waals surface area contributed by atoms with E-state index in [4.69, 9.17) is 9.47 Å². The third-order valence-electron chi connectivity index (χ3n) is 2.60. The van der Waals surface area contributed by atoms with Gasteiger partial charge in [0.15, 0.2) is 0 Å². The zero-order valence-electron chi connectivity index (χ0n) is 11.1. The van der Waals surface area contributed by atoms with Crippen molar-refractivity contribution in [3.63, 3.8) is 0 Å². The lowest BCUT2D eigenvalue weighted by atomic mass is 10.2. The summed E-state index contributed by atoms with van der Waals surface area (Å²) < 4.78 is 10.3. The molecule has 0 aliphatic rings. The monoisotopic (exact) mass is 294 g/mol. The first-order valence-corrected chi connectivity index (χ1v) is 5.68. The van der Waals surface area contributed by atoms with Gasteiger partial charge in [0.1, 0.15) is 11.5 Å². The lowest BCUT2D eigenvalue weighted by molar-refractivity contribution is 0.102. The van der Waals surface area contributed by atoms with E-state index >= 15 is 0 Å². The van der Waals surface area contributed by atoms with Crippen molar-refractivity contribution >= 4 is 24.0 Å². The number of carbonyl (C=O) groups is 1. The Balaban J connectivity index is 0.00000200. The molecular formula is C14H15ClN2O3. The number of pyridine rings is 1. The molecule has 0 spiro atoms. The van der Waals surface area contributed by atoms with Crippen LogP contribution in [0.1, 0.15) is 10.4 Å². The fourth-order valence-corrected chi connectivity index (χ4v) is 1.60. The van der Waals surface area contributed by atoms with Gasteiger partial charge in [-0.15, -0.1) is 12.4 Å².